The van der Waals surface area contributed by atoms with Gasteiger partial charge in [0.15, 0.2) is 5.65 Å². The van der Waals surface area contributed by atoms with Crippen molar-refractivity contribution >= 4 is 11.5 Å². The van der Waals surface area contributed by atoms with Crippen LogP contribution in [0.25, 0.3) is 5.65 Å². The van der Waals surface area contributed by atoms with Gasteiger partial charge in [-0.2, -0.15) is 5.10 Å². The molecule has 0 aliphatic carbocycles. The minimum absolute atomic E-state index is 0.499. The number of fused-ring (bicyclic) bond motifs is 1. The lowest BCUT2D eigenvalue weighted by molar-refractivity contribution is 0.670. The smallest absolute Gasteiger partial charge is 0.162 e. The summed E-state index contributed by atoms with van der Waals surface area (Å²) in [5.41, 5.74) is 8.28. The average Bonchev–Trinajstić information content (AvgIpc) is 2.86. The van der Waals surface area contributed by atoms with Gasteiger partial charge in [0.05, 0.1) is 18.4 Å². The lowest BCUT2D eigenvalue weighted by atomic mass is 10.4. The maximum atomic E-state index is 5.70. The maximum absolute atomic E-state index is 5.70. The Morgan fingerprint density at radius 2 is 2.18 bits per heavy atom. The predicted octanol–water partition coefficient (Wildman–Crippen LogP) is 0.865. The van der Waals surface area contributed by atoms with E-state index in [9.17, 15) is 0 Å². The van der Waals surface area contributed by atoms with Gasteiger partial charge in [-0.3, -0.25) is 9.67 Å². The van der Waals surface area contributed by atoms with Gasteiger partial charge in [0, 0.05) is 18.6 Å². The highest BCUT2D eigenvalue weighted by Gasteiger charge is 2.08. The Morgan fingerprint density at radius 3 is 2.94 bits per heavy atom. The molecule has 0 radical (unpaired) electrons. The molecule has 3 aromatic rings. The first-order valence-corrected chi connectivity index (χ1v) is 5.30. The Bertz CT molecular complexity index is 652. The summed E-state index contributed by atoms with van der Waals surface area (Å²) in [6.45, 7) is 2.54. The summed E-state index contributed by atoms with van der Waals surface area (Å²) >= 11 is 0. The van der Waals surface area contributed by atoms with Crippen molar-refractivity contribution in [1.82, 2.24) is 24.1 Å². The van der Waals surface area contributed by atoms with Gasteiger partial charge >= 0.3 is 0 Å². The van der Waals surface area contributed by atoms with E-state index in [0.717, 1.165) is 17.0 Å². The van der Waals surface area contributed by atoms with Gasteiger partial charge in [-0.25, -0.2) is 4.98 Å². The van der Waals surface area contributed by atoms with Crippen LogP contribution < -0.4 is 5.73 Å². The van der Waals surface area contributed by atoms with Crippen LogP contribution in [0.15, 0.2) is 30.9 Å². The van der Waals surface area contributed by atoms with Crippen LogP contribution >= 0.6 is 0 Å². The fraction of sp³-hybridized carbons (Fsp3) is 0.182. The molecule has 6 nitrogen and oxygen atoms in total. The standard InChI is InChI=1S/C11H12N6/c1-8-5-16-7-10(12)15-11(16)9(14-8)6-17-4-2-3-13-17/h2-5,7H,6,12H2,1H3. The highest BCUT2D eigenvalue weighted by atomic mass is 15.3. The van der Waals surface area contributed by atoms with Crippen molar-refractivity contribution in [3.8, 4) is 0 Å². The molecule has 3 heterocycles. The number of hydrogen-bond donors (Lipinski definition) is 1. The third-order valence-corrected chi connectivity index (χ3v) is 2.52. The van der Waals surface area contributed by atoms with E-state index in [1.807, 2.05) is 34.5 Å². The van der Waals surface area contributed by atoms with Crippen molar-refractivity contribution in [2.75, 3.05) is 5.73 Å². The van der Waals surface area contributed by atoms with E-state index < -0.39 is 0 Å². The summed E-state index contributed by atoms with van der Waals surface area (Å²) in [5, 5.41) is 4.16. The van der Waals surface area contributed by atoms with Gasteiger partial charge in [-0.1, -0.05) is 0 Å². The molecule has 0 atom stereocenters. The second-order valence-electron chi connectivity index (χ2n) is 3.93. The molecular weight excluding hydrogens is 216 g/mol. The highest BCUT2D eigenvalue weighted by molar-refractivity contribution is 5.50. The number of nitrogens with two attached hydrogens (primary N) is 1. The number of rotatable bonds is 2. The van der Waals surface area contributed by atoms with Crippen molar-refractivity contribution in [2.24, 2.45) is 0 Å². The van der Waals surface area contributed by atoms with Crippen LogP contribution in [0.5, 0.6) is 0 Å². The molecule has 0 aromatic carbocycles. The van der Waals surface area contributed by atoms with Crippen molar-refractivity contribution in [2.45, 2.75) is 13.5 Å². The Kier molecular flexibility index (Phi) is 2.07. The zero-order chi connectivity index (χ0) is 11.8. The monoisotopic (exact) mass is 228 g/mol. The van der Waals surface area contributed by atoms with Gasteiger partial charge in [0.2, 0.25) is 0 Å². The molecule has 3 aromatic heterocycles. The summed E-state index contributed by atoms with van der Waals surface area (Å²) < 4.78 is 3.71. The van der Waals surface area contributed by atoms with Gasteiger partial charge < -0.3 is 10.1 Å². The zero-order valence-corrected chi connectivity index (χ0v) is 9.41. The van der Waals surface area contributed by atoms with Gasteiger partial charge in [-0.05, 0) is 13.0 Å². The molecule has 0 aliphatic heterocycles. The van der Waals surface area contributed by atoms with Crippen molar-refractivity contribution in [3.05, 3.63) is 42.2 Å². The molecule has 86 valence electrons. The van der Waals surface area contributed by atoms with Gasteiger partial charge in [0.25, 0.3) is 0 Å². The predicted molar refractivity (Wildman–Crippen MR) is 63.5 cm³/mol. The van der Waals surface area contributed by atoms with E-state index in [-0.39, 0.29) is 0 Å². The molecule has 0 amide bonds. The van der Waals surface area contributed by atoms with Gasteiger partial charge in [-0.15, -0.1) is 0 Å². The average molecular weight is 228 g/mol. The normalized spacial score (nSPS) is 11.1. The summed E-state index contributed by atoms with van der Waals surface area (Å²) in [6, 6.07) is 1.88. The minimum atomic E-state index is 0.499. The zero-order valence-electron chi connectivity index (χ0n) is 9.41. The molecule has 0 saturated carbocycles. The second-order valence-corrected chi connectivity index (χ2v) is 3.93. The van der Waals surface area contributed by atoms with Crippen molar-refractivity contribution in [3.63, 3.8) is 0 Å². The van der Waals surface area contributed by atoms with E-state index in [0.29, 0.717) is 12.4 Å². The Morgan fingerprint density at radius 1 is 1.29 bits per heavy atom. The maximum Gasteiger partial charge on any atom is 0.162 e. The summed E-state index contributed by atoms with van der Waals surface area (Å²) in [7, 11) is 0. The van der Waals surface area contributed by atoms with Crippen molar-refractivity contribution in [1.29, 1.82) is 0 Å². The molecular formula is C11H12N6. The number of hydrogen-bond acceptors (Lipinski definition) is 4. The van der Waals surface area contributed by atoms with Crippen LogP contribution in [0, 0.1) is 6.92 Å². The van der Waals surface area contributed by atoms with Crippen LogP contribution in [-0.2, 0) is 6.54 Å². The van der Waals surface area contributed by atoms with E-state index in [1.54, 1.807) is 12.4 Å². The first kappa shape index (κ1) is 9.83. The quantitative estimate of drug-likeness (QED) is 0.706. The van der Waals surface area contributed by atoms with E-state index in [4.69, 9.17) is 5.73 Å². The third-order valence-electron chi connectivity index (χ3n) is 2.52. The summed E-state index contributed by atoms with van der Waals surface area (Å²) in [5.74, 6) is 0.499. The molecule has 0 spiro atoms. The number of aryl methyl sites for hydroxylation is 1. The molecule has 0 bridgehead atoms. The highest BCUT2D eigenvalue weighted by Crippen LogP contribution is 2.12. The molecule has 0 aliphatic rings. The summed E-state index contributed by atoms with van der Waals surface area (Å²) in [6.07, 6.45) is 7.33. The second kappa shape index (κ2) is 3.58. The fourth-order valence-electron chi connectivity index (χ4n) is 1.87. The van der Waals surface area contributed by atoms with E-state index in [1.165, 1.54) is 0 Å². The Hall–Kier alpha value is -2.37. The molecule has 3 rings (SSSR count). The number of anilines is 1. The van der Waals surface area contributed by atoms with Crippen molar-refractivity contribution < 1.29 is 0 Å². The van der Waals surface area contributed by atoms with E-state index in [2.05, 4.69) is 15.1 Å². The van der Waals surface area contributed by atoms with Crippen LogP contribution in [0.4, 0.5) is 5.82 Å². The lowest BCUT2D eigenvalue weighted by Gasteiger charge is -2.04. The minimum Gasteiger partial charge on any atom is -0.382 e. The van der Waals surface area contributed by atoms with Crippen LogP contribution in [0.1, 0.15) is 11.4 Å². The van der Waals surface area contributed by atoms with E-state index >= 15 is 0 Å². The SMILES string of the molecule is Cc1cn2cc(N)nc2c(Cn2cccn2)n1. The molecule has 0 unspecified atom stereocenters. The number of nitrogen functional groups attached to an aromatic ring is 1. The summed E-state index contributed by atoms with van der Waals surface area (Å²) in [4.78, 5) is 8.76. The first-order chi connectivity index (χ1) is 8.22. The molecule has 0 fully saturated rings. The number of imidazole rings is 1. The number of aromatic nitrogens is 5. The molecule has 0 saturated heterocycles. The van der Waals surface area contributed by atoms with Crippen LogP contribution in [0.3, 0.4) is 0 Å². The topological polar surface area (TPSA) is 74.0 Å². The third kappa shape index (κ3) is 1.73. The Balaban J connectivity index is 2.14. The van der Waals surface area contributed by atoms with Crippen LogP contribution in [-0.4, -0.2) is 24.1 Å². The largest absolute Gasteiger partial charge is 0.382 e. The first-order valence-electron chi connectivity index (χ1n) is 5.30. The van der Waals surface area contributed by atoms with Crippen LogP contribution in [0.2, 0.25) is 0 Å². The fourth-order valence-corrected chi connectivity index (χ4v) is 1.87. The Labute approximate surface area is 97.7 Å². The lowest BCUT2D eigenvalue weighted by Crippen LogP contribution is -2.06. The molecule has 17 heavy (non-hydrogen) atoms. The van der Waals surface area contributed by atoms with Gasteiger partial charge in [0.1, 0.15) is 11.5 Å². The number of nitrogens with zero attached hydrogens (tertiary/aromatic N) is 5. The molecule has 6 heteroatoms. The molecule has 2 N–H and O–H groups in total.